The molecule has 1 atom stereocenters. The first-order chi connectivity index (χ1) is 20.4. The van der Waals surface area contributed by atoms with Crippen molar-refractivity contribution >= 4 is 11.9 Å². The highest BCUT2D eigenvalue weighted by atomic mass is 16.4. The maximum absolute atomic E-state index is 13.7. The van der Waals surface area contributed by atoms with E-state index < -0.39 is 117 Å². The smallest absolute Gasteiger partial charge is 0.326 e. The van der Waals surface area contributed by atoms with Crippen LogP contribution in [0.25, 0.3) is 0 Å². The van der Waals surface area contributed by atoms with Crippen LogP contribution in [0, 0.1) is 17.7 Å². The molecule has 23 heavy (non-hydrogen) atoms. The molecule has 0 aromatic heterocycles. The van der Waals surface area contributed by atoms with Gasteiger partial charge in [-0.3, -0.25) is 4.79 Å². The van der Waals surface area contributed by atoms with Crippen LogP contribution in [0.3, 0.4) is 0 Å². The van der Waals surface area contributed by atoms with Gasteiger partial charge >= 0.3 is 5.97 Å². The number of hydrogen-bond donors (Lipinski definition) is 2. The summed E-state index contributed by atoms with van der Waals surface area (Å²) in [6, 6.07) is -9.25. The van der Waals surface area contributed by atoms with E-state index in [2.05, 4.69) is 0 Å². The molecule has 0 bridgehead atoms. The molecule has 1 aromatic rings. The van der Waals surface area contributed by atoms with Crippen molar-refractivity contribution in [2.24, 2.45) is 17.7 Å². The lowest BCUT2D eigenvalue weighted by atomic mass is 9.76. The Hall–Kier alpha value is -1.84. The highest BCUT2D eigenvalue weighted by molar-refractivity contribution is 5.85. The fourth-order valence-corrected chi connectivity index (χ4v) is 1.38. The van der Waals surface area contributed by atoms with E-state index in [1.54, 1.807) is 0 Å². The van der Waals surface area contributed by atoms with Gasteiger partial charge in [0, 0.05) is 38.3 Å². The van der Waals surface area contributed by atoms with Gasteiger partial charge in [0.2, 0.25) is 5.91 Å². The Morgan fingerprint density at radius 3 is 2.65 bits per heavy atom. The average Bonchev–Trinajstić information content (AvgIpc) is 2.89. The molecule has 1 aliphatic rings. The number of amides is 1. The van der Waals surface area contributed by atoms with Gasteiger partial charge in [-0.2, -0.15) is 0 Å². The predicted octanol–water partition coefficient (Wildman–Crippen LogP) is 3.26. The van der Waals surface area contributed by atoms with Crippen molar-refractivity contribution < 1.29 is 47.6 Å². The van der Waals surface area contributed by atoms with E-state index in [9.17, 15) is 14.7 Å². The molecule has 1 aromatic carbocycles. The molecule has 0 heterocycles. The van der Waals surface area contributed by atoms with E-state index in [-0.39, 0.29) is 0 Å². The maximum atomic E-state index is 13.7. The quantitative estimate of drug-likeness (QED) is 0.834. The summed E-state index contributed by atoms with van der Waals surface area (Å²) in [5.41, 5.74) is -1.39. The van der Waals surface area contributed by atoms with E-state index in [0.717, 1.165) is 0 Å². The molecule has 1 fully saturated rings. The molecule has 1 amide bonds. The van der Waals surface area contributed by atoms with Crippen molar-refractivity contribution in [1.29, 1.82) is 0 Å². The van der Waals surface area contributed by atoms with Gasteiger partial charge in [0.05, 0.1) is 6.85 Å². The van der Waals surface area contributed by atoms with Gasteiger partial charge < -0.3 is 10.4 Å². The summed E-state index contributed by atoms with van der Waals surface area (Å²) in [5, 5.41) is 11.0. The molecular formula is C19H27NO3. The standard InChI is InChI=1S/C19H27NO3/c1-13(2)15-8-10-16(11-9-15)18(21)20-17(19(22)23)12-14-6-4-3-5-7-14/h3-7,13,15-17H,8-12H2,1-2H3,(H,20,21)(H,22,23)/t15?,16?,17-/m1/s1/i1D3,2D3,3D,4D,5D,6D,7D,8D2,9D2,10D2,11D2,12D2,13D,15D,16D. The lowest BCUT2D eigenvalue weighted by molar-refractivity contribution is -0.142. The average molecular weight is 342 g/mol. The number of rotatable bonds is 6. The normalized spacial score (nSPS) is 55.1. The van der Waals surface area contributed by atoms with Crippen molar-refractivity contribution in [1.82, 2.24) is 5.32 Å². The number of carboxylic acids is 1. The number of carbonyl (C=O) groups is 2. The van der Waals surface area contributed by atoms with Crippen molar-refractivity contribution in [2.75, 3.05) is 0 Å². The Kier molecular flexibility index (Phi) is 1.43. The predicted molar refractivity (Wildman–Crippen MR) is 90.0 cm³/mol. The van der Waals surface area contributed by atoms with Crippen LogP contribution in [-0.2, 0) is 16.0 Å². The summed E-state index contributed by atoms with van der Waals surface area (Å²) in [4.78, 5) is 25.9. The van der Waals surface area contributed by atoms with Crippen molar-refractivity contribution in [2.45, 2.75) is 51.6 Å². The van der Waals surface area contributed by atoms with Crippen LogP contribution in [-0.4, -0.2) is 23.0 Å². The number of nitrogens with one attached hydrogen (secondary N) is 1. The highest BCUT2D eigenvalue weighted by Gasteiger charge is 2.30. The zero-order chi connectivity index (χ0) is 37.9. The molecule has 0 unspecified atom stereocenters. The molecule has 2 N–H and O–H groups in total. The zero-order valence-electron chi connectivity index (χ0n) is 35.3. The summed E-state index contributed by atoms with van der Waals surface area (Å²) in [7, 11) is 0. The second-order valence-corrected chi connectivity index (χ2v) is 4.01. The lowest BCUT2D eigenvalue weighted by Crippen LogP contribution is -2.45. The number of benzene rings is 1. The lowest BCUT2D eigenvalue weighted by Gasteiger charge is -2.30. The molecule has 0 saturated heterocycles. The van der Waals surface area contributed by atoms with E-state index in [1.165, 1.54) is 5.32 Å². The van der Waals surface area contributed by atoms with Crippen molar-refractivity contribution in [3.63, 3.8) is 0 Å². The minimum absolute atomic E-state index is 1.05. The van der Waals surface area contributed by atoms with Gasteiger partial charge in [-0.1, -0.05) is 43.9 Å². The third-order valence-electron chi connectivity index (χ3n) is 2.41. The Balaban J connectivity index is 2.99. The van der Waals surface area contributed by atoms with Gasteiger partial charge in [0.25, 0.3) is 0 Å². The van der Waals surface area contributed by atoms with Crippen LogP contribution in [0.1, 0.15) is 77.7 Å². The summed E-state index contributed by atoms with van der Waals surface area (Å²) in [5.74, 6) is -19.4. The minimum Gasteiger partial charge on any atom is -0.480 e. The largest absolute Gasteiger partial charge is 0.480 e. The van der Waals surface area contributed by atoms with Crippen LogP contribution < -0.4 is 5.32 Å². The van der Waals surface area contributed by atoms with Gasteiger partial charge in [-0.15, -0.1) is 0 Å². The van der Waals surface area contributed by atoms with Gasteiger partial charge in [-0.25, -0.2) is 4.79 Å². The van der Waals surface area contributed by atoms with Crippen LogP contribution in [0.15, 0.2) is 30.2 Å². The fraction of sp³-hybridized carbons (Fsp3) is 0.579. The minimum atomic E-state index is -4.87. The first kappa shape index (κ1) is 4.04. The third-order valence-corrected chi connectivity index (χ3v) is 2.41. The van der Waals surface area contributed by atoms with Gasteiger partial charge in [0.15, 0.2) is 0 Å². The molecular weight excluding hydrogens is 290 g/mol. The molecule has 1 saturated carbocycles. The van der Waals surface area contributed by atoms with Crippen molar-refractivity contribution in [3.05, 3.63) is 35.8 Å². The summed E-state index contributed by atoms with van der Waals surface area (Å²) in [6.07, 6.45) is -22.9. The Morgan fingerprint density at radius 2 is 2.09 bits per heavy atom. The summed E-state index contributed by atoms with van der Waals surface area (Å²) >= 11 is 0. The summed E-state index contributed by atoms with van der Waals surface area (Å²) in [6.45, 7) is -8.79. The van der Waals surface area contributed by atoms with Gasteiger partial charge in [0.1, 0.15) is 6.04 Å². The molecule has 2 rings (SSSR count). The molecule has 0 aliphatic heterocycles. The van der Waals surface area contributed by atoms with E-state index >= 15 is 0 Å². The van der Waals surface area contributed by atoms with E-state index in [1.807, 2.05) is 0 Å². The zero-order valence-corrected chi connectivity index (χ0v) is 11.3. The first-order valence-corrected chi connectivity index (χ1v) is 6.00. The Bertz CT molecular complexity index is 1410. The SMILES string of the molecule is [2H]c1c([2H])c([2H])c(C([2H])([2H])[C@@H](NC(=O)C2([2H])C([2H])([2H])C([2H])([2H])C([2H])(C([2H])(C([2H])([2H])[2H])C([2H])([2H])[2H])C([2H])([2H])C2([2H])[2H])C(=O)O)c([2H])c1[2H]. The number of hydrogen-bond acceptors (Lipinski definition) is 2. The van der Waals surface area contributed by atoms with E-state index in [4.69, 9.17) is 32.9 Å². The first-order valence-electron chi connectivity index (χ1n) is 18.0. The van der Waals surface area contributed by atoms with Crippen molar-refractivity contribution in [3.8, 4) is 0 Å². The molecule has 0 spiro atoms. The van der Waals surface area contributed by atoms with Crippen LogP contribution in [0.4, 0.5) is 0 Å². The third kappa shape index (κ3) is 5.08. The Morgan fingerprint density at radius 1 is 1.43 bits per heavy atom. The van der Waals surface area contributed by atoms with Gasteiger partial charge in [-0.05, 0) is 42.8 Å². The van der Waals surface area contributed by atoms with E-state index in [0.29, 0.717) is 0 Å². The van der Waals surface area contributed by atoms with Crippen LogP contribution in [0.2, 0.25) is 0 Å². The van der Waals surface area contributed by atoms with Crippen LogP contribution >= 0.6 is 0 Å². The number of carbonyl (C=O) groups excluding carboxylic acids is 1. The monoisotopic (exact) mass is 341 g/mol. The molecule has 1 aliphatic carbocycles. The topological polar surface area (TPSA) is 66.4 Å². The maximum Gasteiger partial charge on any atom is 0.326 e. The molecule has 4 heteroatoms. The number of aliphatic carboxylic acids is 1. The number of carboxylic acid groups (broad SMARTS) is 1. The molecule has 126 valence electrons. The second kappa shape index (κ2) is 8.14. The Labute approximate surface area is 172 Å². The highest BCUT2D eigenvalue weighted by Crippen LogP contribution is 2.33. The molecule has 0 radical (unpaired) electrons. The van der Waals surface area contributed by atoms with Crippen LogP contribution in [0.5, 0.6) is 0 Å². The second-order valence-electron chi connectivity index (χ2n) is 4.01. The fourth-order valence-electron chi connectivity index (χ4n) is 1.38. The summed E-state index contributed by atoms with van der Waals surface area (Å²) < 4.78 is 194. The molecule has 4 nitrogen and oxygen atoms in total.